The highest BCUT2D eigenvalue weighted by Gasteiger charge is 2.14. The van der Waals surface area contributed by atoms with Crippen molar-refractivity contribution in [3.63, 3.8) is 0 Å². The van der Waals surface area contributed by atoms with E-state index in [4.69, 9.17) is 4.74 Å². The van der Waals surface area contributed by atoms with Crippen molar-refractivity contribution in [2.24, 2.45) is 0 Å². The summed E-state index contributed by atoms with van der Waals surface area (Å²) in [5.41, 5.74) is 2.20. The lowest BCUT2D eigenvalue weighted by Crippen LogP contribution is -2.15. The van der Waals surface area contributed by atoms with Gasteiger partial charge >= 0.3 is 0 Å². The van der Waals surface area contributed by atoms with Gasteiger partial charge in [0.2, 0.25) is 0 Å². The maximum Gasteiger partial charge on any atom is 0.160 e. The van der Waals surface area contributed by atoms with E-state index < -0.39 is 0 Å². The number of rotatable bonds is 5. The van der Waals surface area contributed by atoms with Gasteiger partial charge in [-0.15, -0.1) is 0 Å². The summed E-state index contributed by atoms with van der Waals surface area (Å²) in [5, 5.41) is 19.1. The quantitative estimate of drug-likeness (QED) is 0.867. The van der Waals surface area contributed by atoms with Gasteiger partial charge in [-0.25, -0.2) is 0 Å². The first-order chi connectivity index (χ1) is 9.22. The Morgan fingerprint density at radius 2 is 1.74 bits per heavy atom. The number of para-hydroxylation sites is 2. The number of benzene rings is 2. The Balaban J connectivity index is 2.09. The van der Waals surface area contributed by atoms with Gasteiger partial charge in [-0.05, 0) is 30.2 Å². The SMILES string of the molecule is Cc1ccccc1C(CO)COc1ccccc1O. The van der Waals surface area contributed by atoms with Gasteiger partial charge in [0, 0.05) is 5.92 Å². The van der Waals surface area contributed by atoms with Gasteiger partial charge < -0.3 is 14.9 Å². The van der Waals surface area contributed by atoms with Crippen molar-refractivity contribution in [3.05, 3.63) is 59.7 Å². The van der Waals surface area contributed by atoms with Gasteiger partial charge in [0.25, 0.3) is 0 Å². The van der Waals surface area contributed by atoms with Crippen LogP contribution in [0.2, 0.25) is 0 Å². The predicted molar refractivity (Wildman–Crippen MR) is 74.6 cm³/mol. The van der Waals surface area contributed by atoms with E-state index in [0.717, 1.165) is 11.1 Å². The molecule has 2 N–H and O–H groups in total. The van der Waals surface area contributed by atoms with Crippen molar-refractivity contribution in [2.45, 2.75) is 12.8 Å². The Hall–Kier alpha value is -2.00. The second-order valence-corrected chi connectivity index (χ2v) is 4.51. The molecular formula is C16H18O3. The molecule has 0 aliphatic carbocycles. The van der Waals surface area contributed by atoms with Crippen molar-refractivity contribution in [2.75, 3.05) is 13.2 Å². The molecule has 1 unspecified atom stereocenters. The number of ether oxygens (including phenoxy) is 1. The molecule has 2 rings (SSSR count). The summed E-state index contributed by atoms with van der Waals surface area (Å²) >= 11 is 0. The largest absolute Gasteiger partial charge is 0.504 e. The Labute approximate surface area is 113 Å². The molecule has 2 aromatic carbocycles. The third-order valence-electron chi connectivity index (χ3n) is 3.15. The number of aromatic hydroxyl groups is 1. The average molecular weight is 258 g/mol. The number of phenolic OH excluding ortho intramolecular Hbond substituents is 1. The molecule has 0 aromatic heterocycles. The normalized spacial score (nSPS) is 12.1. The van der Waals surface area contributed by atoms with Gasteiger partial charge in [-0.1, -0.05) is 36.4 Å². The molecule has 0 fully saturated rings. The van der Waals surface area contributed by atoms with E-state index in [-0.39, 0.29) is 18.3 Å². The van der Waals surface area contributed by atoms with E-state index in [2.05, 4.69) is 0 Å². The Kier molecular flexibility index (Phi) is 4.42. The van der Waals surface area contributed by atoms with E-state index in [1.165, 1.54) is 0 Å². The molecule has 2 aromatic rings. The number of hydrogen-bond donors (Lipinski definition) is 2. The van der Waals surface area contributed by atoms with Crippen LogP contribution in [0.3, 0.4) is 0 Å². The van der Waals surface area contributed by atoms with Crippen LogP contribution in [0.4, 0.5) is 0 Å². The van der Waals surface area contributed by atoms with Gasteiger partial charge in [0.05, 0.1) is 13.2 Å². The van der Waals surface area contributed by atoms with Crippen molar-refractivity contribution in [1.82, 2.24) is 0 Å². The zero-order chi connectivity index (χ0) is 13.7. The maximum atomic E-state index is 9.63. The fourth-order valence-corrected chi connectivity index (χ4v) is 2.06. The minimum Gasteiger partial charge on any atom is -0.504 e. The molecule has 1 atom stereocenters. The van der Waals surface area contributed by atoms with Crippen molar-refractivity contribution in [1.29, 1.82) is 0 Å². The second-order valence-electron chi connectivity index (χ2n) is 4.51. The molecule has 3 nitrogen and oxygen atoms in total. The summed E-state index contributed by atoms with van der Waals surface area (Å²) < 4.78 is 5.59. The fourth-order valence-electron chi connectivity index (χ4n) is 2.06. The molecule has 0 spiro atoms. The summed E-state index contributed by atoms with van der Waals surface area (Å²) in [6.45, 7) is 2.36. The molecule has 0 heterocycles. The summed E-state index contributed by atoms with van der Waals surface area (Å²) in [6.07, 6.45) is 0. The van der Waals surface area contributed by atoms with Gasteiger partial charge in [-0.3, -0.25) is 0 Å². The van der Waals surface area contributed by atoms with Gasteiger partial charge in [0.15, 0.2) is 11.5 Å². The first-order valence-corrected chi connectivity index (χ1v) is 6.29. The molecule has 0 radical (unpaired) electrons. The standard InChI is InChI=1S/C16H18O3/c1-12-6-2-3-7-14(12)13(10-17)11-19-16-9-5-4-8-15(16)18/h2-9,13,17-18H,10-11H2,1H3. The molecule has 3 heteroatoms. The molecule has 0 amide bonds. The highest BCUT2D eigenvalue weighted by atomic mass is 16.5. The fraction of sp³-hybridized carbons (Fsp3) is 0.250. The molecule has 0 bridgehead atoms. The average Bonchev–Trinajstić information content (AvgIpc) is 2.43. The van der Waals surface area contributed by atoms with Gasteiger partial charge in [-0.2, -0.15) is 0 Å². The smallest absolute Gasteiger partial charge is 0.160 e. The van der Waals surface area contributed by atoms with E-state index in [0.29, 0.717) is 12.4 Å². The van der Waals surface area contributed by atoms with Crippen LogP contribution in [0, 0.1) is 6.92 Å². The Morgan fingerprint density at radius 1 is 1.05 bits per heavy atom. The molecule has 0 saturated heterocycles. The second kappa shape index (κ2) is 6.25. The minimum atomic E-state index is -0.0965. The predicted octanol–water partition coefficient (Wildman–Crippen LogP) is 2.86. The van der Waals surface area contributed by atoms with Crippen LogP contribution in [-0.4, -0.2) is 23.4 Å². The number of aryl methyl sites for hydroxylation is 1. The van der Waals surface area contributed by atoms with Crippen molar-refractivity contribution in [3.8, 4) is 11.5 Å². The highest BCUT2D eigenvalue weighted by molar-refractivity contribution is 5.38. The number of aliphatic hydroxyl groups is 1. The van der Waals surface area contributed by atoms with Gasteiger partial charge in [0.1, 0.15) is 0 Å². The third-order valence-corrected chi connectivity index (χ3v) is 3.15. The minimum absolute atomic E-state index is 0.0124. The molecule has 0 aliphatic rings. The van der Waals surface area contributed by atoms with Crippen LogP contribution in [0.15, 0.2) is 48.5 Å². The monoisotopic (exact) mass is 258 g/mol. The van der Waals surface area contributed by atoms with E-state index in [1.807, 2.05) is 31.2 Å². The molecular weight excluding hydrogens is 240 g/mol. The molecule has 0 saturated carbocycles. The van der Waals surface area contributed by atoms with Crippen LogP contribution in [-0.2, 0) is 0 Å². The van der Waals surface area contributed by atoms with Crippen LogP contribution in [0.1, 0.15) is 17.0 Å². The summed E-state index contributed by atoms with van der Waals surface area (Å²) in [5.74, 6) is 0.458. The first-order valence-electron chi connectivity index (χ1n) is 6.29. The van der Waals surface area contributed by atoms with E-state index in [1.54, 1.807) is 24.3 Å². The Morgan fingerprint density at radius 3 is 2.42 bits per heavy atom. The van der Waals surface area contributed by atoms with Crippen molar-refractivity contribution >= 4 is 0 Å². The maximum absolute atomic E-state index is 9.63. The Bertz CT molecular complexity index is 537. The summed E-state index contributed by atoms with van der Waals surface area (Å²) in [6, 6.07) is 14.8. The third kappa shape index (κ3) is 3.26. The lowest BCUT2D eigenvalue weighted by molar-refractivity contribution is 0.201. The topological polar surface area (TPSA) is 49.7 Å². The highest BCUT2D eigenvalue weighted by Crippen LogP contribution is 2.27. The zero-order valence-corrected chi connectivity index (χ0v) is 10.9. The van der Waals surface area contributed by atoms with E-state index in [9.17, 15) is 10.2 Å². The number of aliphatic hydroxyl groups excluding tert-OH is 1. The molecule has 19 heavy (non-hydrogen) atoms. The zero-order valence-electron chi connectivity index (χ0n) is 10.9. The number of phenols is 1. The molecule has 0 aliphatic heterocycles. The first kappa shape index (κ1) is 13.4. The number of hydrogen-bond acceptors (Lipinski definition) is 3. The van der Waals surface area contributed by atoms with Crippen LogP contribution in [0.25, 0.3) is 0 Å². The van der Waals surface area contributed by atoms with Crippen LogP contribution < -0.4 is 4.74 Å². The molecule has 100 valence electrons. The van der Waals surface area contributed by atoms with Crippen LogP contribution >= 0.6 is 0 Å². The van der Waals surface area contributed by atoms with Crippen LogP contribution in [0.5, 0.6) is 11.5 Å². The lowest BCUT2D eigenvalue weighted by Gasteiger charge is -2.18. The summed E-state index contributed by atoms with van der Waals surface area (Å²) in [7, 11) is 0. The van der Waals surface area contributed by atoms with Crippen molar-refractivity contribution < 1.29 is 14.9 Å². The lowest BCUT2D eigenvalue weighted by atomic mass is 9.96. The van der Waals surface area contributed by atoms with E-state index >= 15 is 0 Å². The summed E-state index contributed by atoms with van der Waals surface area (Å²) in [4.78, 5) is 0.